The number of hydrogen-bond acceptors (Lipinski definition) is 2. The molecule has 0 unspecified atom stereocenters. The first kappa shape index (κ1) is 17.8. The summed E-state index contributed by atoms with van der Waals surface area (Å²) in [7, 11) is 0. The lowest BCUT2D eigenvalue weighted by Crippen LogP contribution is -2.46. The highest BCUT2D eigenvalue weighted by atomic mass is 19.4. The number of benzene rings is 1. The minimum Gasteiger partial charge on any atom is -0.354 e. The van der Waals surface area contributed by atoms with E-state index in [9.17, 15) is 18.0 Å². The maximum Gasteiger partial charge on any atom is 0.416 e. The van der Waals surface area contributed by atoms with E-state index in [0.29, 0.717) is 12.1 Å². The third-order valence-electron chi connectivity index (χ3n) is 4.63. The normalized spacial score (nSPS) is 19.2. The molecule has 3 nitrogen and oxygen atoms in total. The quantitative estimate of drug-likeness (QED) is 0.890. The molecule has 0 aliphatic heterocycles. The zero-order valence-electron chi connectivity index (χ0n) is 13.2. The Morgan fingerprint density at radius 1 is 1.30 bits per heavy atom. The Bertz CT molecular complexity index is 549. The van der Waals surface area contributed by atoms with Crippen LogP contribution in [0.4, 0.5) is 13.2 Å². The molecule has 0 heterocycles. The lowest BCUT2D eigenvalue weighted by molar-refractivity contribution is -0.137. The second kappa shape index (κ2) is 6.91. The Kier molecular flexibility index (Phi) is 5.34. The molecule has 0 radical (unpaired) electrons. The highest BCUT2D eigenvalue weighted by molar-refractivity contribution is 5.81. The number of carbonyl (C=O) groups excluding carboxylic acids is 1. The molecule has 1 aromatic rings. The number of halogens is 3. The van der Waals surface area contributed by atoms with Gasteiger partial charge in [-0.2, -0.15) is 13.2 Å². The van der Waals surface area contributed by atoms with Crippen LogP contribution in [-0.2, 0) is 16.4 Å². The largest absolute Gasteiger partial charge is 0.416 e. The van der Waals surface area contributed by atoms with Crippen LogP contribution in [0.5, 0.6) is 0 Å². The molecular weight excluding hydrogens is 305 g/mol. The van der Waals surface area contributed by atoms with Gasteiger partial charge in [0.15, 0.2) is 0 Å². The molecule has 1 saturated carbocycles. The van der Waals surface area contributed by atoms with Gasteiger partial charge in [0.05, 0.1) is 11.6 Å². The van der Waals surface area contributed by atoms with Crippen LogP contribution in [0.1, 0.15) is 50.2 Å². The van der Waals surface area contributed by atoms with E-state index in [2.05, 4.69) is 5.32 Å². The van der Waals surface area contributed by atoms with E-state index in [-0.39, 0.29) is 5.91 Å². The van der Waals surface area contributed by atoms with Crippen molar-refractivity contribution in [3.05, 3.63) is 35.4 Å². The van der Waals surface area contributed by atoms with Crippen molar-refractivity contribution in [1.29, 1.82) is 0 Å². The predicted molar refractivity (Wildman–Crippen MR) is 82.9 cm³/mol. The number of alkyl halides is 3. The van der Waals surface area contributed by atoms with Crippen LogP contribution < -0.4 is 11.1 Å². The van der Waals surface area contributed by atoms with Crippen molar-refractivity contribution in [3.8, 4) is 0 Å². The van der Waals surface area contributed by atoms with Crippen molar-refractivity contribution in [3.63, 3.8) is 0 Å². The summed E-state index contributed by atoms with van der Waals surface area (Å²) in [4.78, 5) is 11.8. The van der Waals surface area contributed by atoms with Crippen LogP contribution in [0.2, 0.25) is 0 Å². The van der Waals surface area contributed by atoms with Crippen LogP contribution in [0, 0.1) is 0 Å². The van der Waals surface area contributed by atoms with Crippen molar-refractivity contribution in [2.45, 2.75) is 56.7 Å². The molecule has 2 rings (SSSR count). The zero-order chi connectivity index (χ0) is 17.1. The summed E-state index contributed by atoms with van der Waals surface area (Å²) in [6, 6.07) is 4.86. The van der Waals surface area contributed by atoms with Crippen LogP contribution in [0.3, 0.4) is 0 Å². The number of rotatable bonds is 4. The van der Waals surface area contributed by atoms with Gasteiger partial charge in [-0.25, -0.2) is 0 Å². The number of nitrogens with two attached hydrogens (primary N) is 1. The molecule has 0 spiro atoms. The van der Waals surface area contributed by atoms with Crippen molar-refractivity contribution in [2.24, 2.45) is 5.73 Å². The number of nitrogens with one attached hydrogen (secondary N) is 1. The molecule has 1 amide bonds. The Balaban J connectivity index is 2.29. The summed E-state index contributed by atoms with van der Waals surface area (Å²) >= 11 is 0. The zero-order valence-corrected chi connectivity index (χ0v) is 13.2. The maximum absolute atomic E-state index is 13.0. The van der Waals surface area contributed by atoms with Gasteiger partial charge in [-0.05, 0) is 31.4 Å². The van der Waals surface area contributed by atoms with Crippen molar-refractivity contribution in [1.82, 2.24) is 5.32 Å². The second-order valence-corrected chi connectivity index (χ2v) is 6.43. The molecule has 1 aliphatic carbocycles. The van der Waals surface area contributed by atoms with Crippen LogP contribution in [-0.4, -0.2) is 18.5 Å². The SMILES string of the molecule is C[C@H](N)C(=O)NCC1(c2cccc(C(F)(F)F)c2)CCCCC1. The number of carbonyl (C=O) groups is 1. The van der Waals surface area contributed by atoms with Crippen molar-refractivity contribution >= 4 is 5.91 Å². The van der Waals surface area contributed by atoms with Crippen molar-refractivity contribution < 1.29 is 18.0 Å². The fraction of sp³-hybridized carbons (Fsp3) is 0.588. The highest BCUT2D eigenvalue weighted by Gasteiger charge is 2.37. The summed E-state index contributed by atoms with van der Waals surface area (Å²) in [5.41, 5.74) is 5.12. The molecule has 128 valence electrons. The van der Waals surface area contributed by atoms with E-state index in [4.69, 9.17) is 5.73 Å². The predicted octanol–water partition coefficient (Wildman–Crippen LogP) is 3.37. The monoisotopic (exact) mass is 328 g/mol. The molecule has 23 heavy (non-hydrogen) atoms. The Morgan fingerprint density at radius 2 is 1.96 bits per heavy atom. The third kappa shape index (κ3) is 4.25. The first-order chi connectivity index (χ1) is 10.7. The van der Waals surface area contributed by atoms with E-state index in [1.165, 1.54) is 12.1 Å². The smallest absolute Gasteiger partial charge is 0.354 e. The van der Waals surface area contributed by atoms with Crippen LogP contribution in [0.25, 0.3) is 0 Å². The summed E-state index contributed by atoms with van der Waals surface area (Å²) in [5, 5.41) is 2.80. The Labute approximate surface area is 134 Å². The van der Waals surface area contributed by atoms with E-state index >= 15 is 0 Å². The highest BCUT2D eigenvalue weighted by Crippen LogP contribution is 2.41. The van der Waals surface area contributed by atoms with Gasteiger partial charge in [-0.3, -0.25) is 4.79 Å². The fourth-order valence-electron chi connectivity index (χ4n) is 3.24. The maximum atomic E-state index is 13.0. The van der Waals surface area contributed by atoms with Gasteiger partial charge in [0.2, 0.25) is 5.91 Å². The first-order valence-electron chi connectivity index (χ1n) is 7.96. The van der Waals surface area contributed by atoms with Gasteiger partial charge in [0.1, 0.15) is 0 Å². The first-order valence-corrected chi connectivity index (χ1v) is 7.96. The third-order valence-corrected chi connectivity index (χ3v) is 4.63. The average molecular weight is 328 g/mol. The van der Waals surface area contributed by atoms with Gasteiger partial charge < -0.3 is 11.1 Å². The second-order valence-electron chi connectivity index (χ2n) is 6.43. The minimum absolute atomic E-state index is 0.276. The molecule has 3 N–H and O–H groups in total. The molecule has 1 aliphatic rings. The van der Waals surface area contributed by atoms with Crippen molar-refractivity contribution in [2.75, 3.05) is 6.54 Å². The van der Waals surface area contributed by atoms with Gasteiger partial charge in [0, 0.05) is 12.0 Å². The minimum atomic E-state index is -4.36. The average Bonchev–Trinajstić information content (AvgIpc) is 2.52. The van der Waals surface area contributed by atoms with E-state index in [1.54, 1.807) is 13.0 Å². The summed E-state index contributed by atoms with van der Waals surface area (Å²) in [6.45, 7) is 1.92. The van der Waals surface area contributed by atoms with E-state index in [1.807, 2.05) is 0 Å². The molecule has 1 atom stereocenters. The van der Waals surface area contributed by atoms with Crippen LogP contribution >= 0.6 is 0 Å². The topological polar surface area (TPSA) is 55.1 Å². The summed E-state index contributed by atoms with van der Waals surface area (Å²) in [5.74, 6) is -0.276. The number of hydrogen-bond donors (Lipinski definition) is 2. The molecule has 0 aromatic heterocycles. The van der Waals surface area contributed by atoms with E-state index < -0.39 is 23.2 Å². The van der Waals surface area contributed by atoms with Gasteiger partial charge in [0.25, 0.3) is 0 Å². The van der Waals surface area contributed by atoms with Gasteiger partial charge >= 0.3 is 6.18 Å². The van der Waals surface area contributed by atoms with Gasteiger partial charge in [-0.15, -0.1) is 0 Å². The number of amides is 1. The van der Waals surface area contributed by atoms with E-state index in [0.717, 1.165) is 38.2 Å². The molecular formula is C17H23F3N2O. The Morgan fingerprint density at radius 3 is 2.52 bits per heavy atom. The standard InChI is InChI=1S/C17H23F3N2O/c1-12(21)15(23)22-11-16(8-3-2-4-9-16)13-6-5-7-14(10-13)17(18,19)20/h5-7,10,12H,2-4,8-9,11,21H2,1H3,(H,22,23)/t12-/m0/s1. The lowest BCUT2D eigenvalue weighted by Gasteiger charge is -2.38. The summed E-state index contributed by atoms with van der Waals surface area (Å²) < 4.78 is 39.0. The fourth-order valence-corrected chi connectivity index (χ4v) is 3.24. The van der Waals surface area contributed by atoms with Crippen LogP contribution in [0.15, 0.2) is 24.3 Å². The summed E-state index contributed by atoms with van der Waals surface area (Å²) in [6.07, 6.45) is 0.151. The Hall–Kier alpha value is -1.56. The van der Waals surface area contributed by atoms with Gasteiger partial charge in [-0.1, -0.05) is 37.5 Å². The molecule has 0 bridgehead atoms. The molecule has 6 heteroatoms. The lowest BCUT2D eigenvalue weighted by atomic mass is 9.69. The molecule has 0 saturated heterocycles. The molecule has 1 aromatic carbocycles. The molecule has 1 fully saturated rings.